The maximum absolute atomic E-state index is 5.91. The van der Waals surface area contributed by atoms with Gasteiger partial charge in [0.25, 0.3) is 0 Å². The molecule has 2 heterocycles. The molecule has 0 aliphatic rings. The molecule has 2 aromatic rings. The van der Waals surface area contributed by atoms with Gasteiger partial charge in [0.2, 0.25) is 5.88 Å². The van der Waals surface area contributed by atoms with Crippen LogP contribution in [0.4, 0.5) is 0 Å². The van der Waals surface area contributed by atoms with Crippen molar-refractivity contribution in [3.63, 3.8) is 0 Å². The van der Waals surface area contributed by atoms with Crippen LogP contribution in [0.5, 0.6) is 5.88 Å². The molecule has 6 heteroatoms. The Morgan fingerprint density at radius 3 is 2.70 bits per heavy atom. The number of aryl methyl sites for hydroxylation is 1. The minimum atomic E-state index is 0.308. The van der Waals surface area contributed by atoms with Crippen LogP contribution < -0.4 is 4.74 Å². The third-order valence-electron chi connectivity index (χ3n) is 3.90. The first-order chi connectivity index (χ1) is 9.63. The molecule has 2 atom stereocenters. The van der Waals surface area contributed by atoms with Gasteiger partial charge in [-0.05, 0) is 12.8 Å². The van der Waals surface area contributed by atoms with Crippen molar-refractivity contribution in [1.29, 1.82) is 0 Å². The van der Waals surface area contributed by atoms with Crippen molar-refractivity contribution in [2.24, 2.45) is 5.92 Å². The molecule has 0 spiro atoms. The third-order valence-corrected chi connectivity index (χ3v) is 4.09. The van der Waals surface area contributed by atoms with Gasteiger partial charge in [-0.1, -0.05) is 20.3 Å². The van der Waals surface area contributed by atoms with Crippen molar-refractivity contribution in [3.8, 4) is 5.88 Å². The normalized spacial score (nSPS) is 14.4. The number of hydrogen-bond acceptors (Lipinski definition) is 4. The Kier molecular flexibility index (Phi) is 4.81. The summed E-state index contributed by atoms with van der Waals surface area (Å²) >= 11 is 5.91. The van der Waals surface area contributed by atoms with E-state index in [0.29, 0.717) is 35.7 Å². The number of ether oxygens (including phenoxy) is 1. The number of hydrogen-bond donors (Lipinski definition) is 0. The number of aromatic nitrogens is 4. The highest BCUT2D eigenvalue weighted by molar-refractivity contribution is 6.17. The van der Waals surface area contributed by atoms with Gasteiger partial charge < -0.3 is 9.30 Å². The van der Waals surface area contributed by atoms with Crippen LogP contribution in [0, 0.1) is 5.92 Å². The molecule has 2 unspecified atom stereocenters. The van der Waals surface area contributed by atoms with Gasteiger partial charge in [0.15, 0.2) is 11.2 Å². The highest BCUT2D eigenvalue weighted by Crippen LogP contribution is 2.29. The Hall–Kier alpha value is -1.36. The first-order valence-corrected chi connectivity index (χ1v) is 7.49. The van der Waals surface area contributed by atoms with E-state index in [1.165, 1.54) is 6.33 Å². The Labute approximate surface area is 124 Å². The van der Waals surface area contributed by atoms with Crippen molar-refractivity contribution in [2.75, 3.05) is 13.0 Å². The van der Waals surface area contributed by atoms with E-state index in [4.69, 9.17) is 16.3 Å². The quantitative estimate of drug-likeness (QED) is 0.768. The maximum atomic E-state index is 5.91. The summed E-state index contributed by atoms with van der Waals surface area (Å²) in [6.45, 7) is 6.62. The van der Waals surface area contributed by atoms with Gasteiger partial charge >= 0.3 is 0 Å². The molecule has 0 N–H and O–H groups in total. The topological polar surface area (TPSA) is 52.8 Å². The van der Waals surface area contributed by atoms with Gasteiger partial charge in [-0.25, -0.2) is 9.97 Å². The number of rotatable bonds is 6. The number of methoxy groups -OCH3 is 1. The van der Waals surface area contributed by atoms with Crippen molar-refractivity contribution in [3.05, 3.63) is 12.2 Å². The van der Waals surface area contributed by atoms with E-state index >= 15 is 0 Å². The molecule has 2 rings (SSSR count). The minimum Gasteiger partial charge on any atom is -0.479 e. The van der Waals surface area contributed by atoms with Gasteiger partial charge in [-0.3, -0.25) is 0 Å². The highest BCUT2D eigenvalue weighted by Gasteiger charge is 2.22. The number of imidazole rings is 1. The van der Waals surface area contributed by atoms with E-state index < -0.39 is 0 Å². The number of alkyl halides is 1. The third kappa shape index (κ3) is 2.59. The first kappa shape index (κ1) is 15.0. The molecule has 0 radical (unpaired) electrons. The Morgan fingerprint density at radius 2 is 2.10 bits per heavy atom. The lowest BCUT2D eigenvalue weighted by Gasteiger charge is -2.22. The van der Waals surface area contributed by atoms with E-state index in [2.05, 4.69) is 40.3 Å². The van der Waals surface area contributed by atoms with E-state index in [1.807, 2.05) is 0 Å². The Bertz CT molecular complexity index is 584. The molecule has 20 heavy (non-hydrogen) atoms. The lowest BCUT2D eigenvalue weighted by Crippen LogP contribution is -2.17. The Morgan fingerprint density at radius 1 is 1.35 bits per heavy atom. The van der Waals surface area contributed by atoms with Gasteiger partial charge in [0.05, 0.1) is 7.11 Å². The molecule has 0 saturated carbocycles. The molecule has 2 aromatic heterocycles. The molecule has 0 amide bonds. The fraction of sp³-hybridized carbons (Fsp3) is 0.643. The molecule has 0 saturated heterocycles. The molecule has 0 aliphatic carbocycles. The zero-order chi connectivity index (χ0) is 14.7. The summed E-state index contributed by atoms with van der Waals surface area (Å²) in [5.41, 5.74) is 1.54. The van der Waals surface area contributed by atoms with Gasteiger partial charge in [0, 0.05) is 18.3 Å². The maximum Gasteiger partial charge on any atom is 0.245 e. The van der Waals surface area contributed by atoms with Crippen molar-refractivity contribution >= 4 is 22.8 Å². The second-order valence-corrected chi connectivity index (χ2v) is 5.40. The molecule has 0 aromatic carbocycles. The summed E-state index contributed by atoms with van der Waals surface area (Å²) in [6, 6.07) is 0.308. The molecule has 110 valence electrons. The summed E-state index contributed by atoms with van der Waals surface area (Å²) in [6.07, 6.45) is 3.33. The van der Waals surface area contributed by atoms with E-state index in [9.17, 15) is 0 Å². The van der Waals surface area contributed by atoms with Crippen LogP contribution >= 0.6 is 11.6 Å². The zero-order valence-electron chi connectivity index (χ0n) is 12.4. The summed E-state index contributed by atoms with van der Waals surface area (Å²) < 4.78 is 7.46. The predicted molar refractivity (Wildman–Crippen MR) is 80.5 cm³/mol. The smallest absolute Gasteiger partial charge is 0.245 e. The van der Waals surface area contributed by atoms with Crippen molar-refractivity contribution in [1.82, 2.24) is 19.5 Å². The average molecular weight is 297 g/mol. The molecule has 0 aliphatic heterocycles. The van der Waals surface area contributed by atoms with E-state index in [1.54, 1.807) is 7.11 Å². The molecular formula is C14H21ClN4O. The minimum absolute atomic E-state index is 0.308. The number of nitrogens with zero attached hydrogens (tertiary/aromatic N) is 4. The zero-order valence-corrected chi connectivity index (χ0v) is 13.2. The van der Waals surface area contributed by atoms with Crippen LogP contribution in [0.25, 0.3) is 11.2 Å². The van der Waals surface area contributed by atoms with Gasteiger partial charge in [-0.15, -0.1) is 11.6 Å². The van der Waals surface area contributed by atoms with Crippen LogP contribution in [0.2, 0.25) is 0 Å². The van der Waals surface area contributed by atoms with Crippen LogP contribution in [0.1, 0.15) is 39.1 Å². The summed E-state index contributed by atoms with van der Waals surface area (Å²) in [5, 5.41) is 0. The molecule has 0 fully saturated rings. The van der Waals surface area contributed by atoms with Crippen LogP contribution in [-0.2, 0) is 6.42 Å². The summed E-state index contributed by atoms with van der Waals surface area (Å²) in [5.74, 6) is 2.52. The lowest BCUT2D eigenvalue weighted by atomic mass is 10.0. The van der Waals surface area contributed by atoms with Crippen molar-refractivity contribution in [2.45, 2.75) is 39.7 Å². The Balaban J connectivity index is 2.63. The second kappa shape index (κ2) is 6.39. The average Bonchev–Trinajstić information content (AvgIpc) is 2.83. The first-order valence-electron chi connectivity index (χ1n) is 6.95. The number of fused-ring (bicyclic) bond motifs is 1. The van der Waals surface area contributed by atoms with Crippen LogP contribution in [-0.4, -0.2) is 32.5 Å². The molecule has 0 bridgehead atoms. The largest absolute Gasteiger partial charge is 0.479 e. The summed E-state index contributed by atoms with van der Waals surface area (Å²) in [7, 11) is 1.60. The van der Waals surface area contributed by atoms with E-state index in [0.717, 1.165) is 17.9 Å². The fourth-order valence-corrected chi connectivity index (χ4v) is 2.54. The standard InChI is InChI=1S/C14H21ClN4O/c1-5-9(2)10(3)19-11(6-7-15)18-12-13(19)16-8-17-14(12)20-4/h8-10H,5-7H2,1-4H3. The van der Waals surface area contributed by atoms with Crippen LogP contribution in [0.15, 0.2) is 6.33 Å². The van der Waals surface area contributed by atoms with E-state index in [-0.39, 0.29) is 0 Å². The van der Waals surface area contributed by atoms with Crippen molar-refractivity contribution < 1.29 is 4.74 Å². The summed E-state index contributed by atoms with van der Waals surface area (Å²) in [4.78, 5) is 13.2. The molecular weight excluding hydrogens is 276 g/mol. The number of halogens is 1. The molecule has 5 nitrogen and oxygen atoms in total. The lowest BCUT2D eigenvalue weighted by molar-refractivity contribution is 0.368. The fourth-order valence-electron chi connectivity index (χ4n) is 2.37. The van der Waals surface area contributed by atoms with Crippen LogP contribution in [0.3, 0.4) is 0 Å². The highest BCUT2D eigenvalue weighted by atomic mass is 35.5. The second-order valence-electron chi connectivity index (χ2n) is 5.02. The van der Waals surface area contributed by atoms with Gasteiger partial charge in [-0.2, -0.15) is 4.98 Å². The SMILES string of the molecule is CCC(C)C(C)n1c(CCCl)nc2c(OC)ncnc21. The predicted octanol–water partition coefficient (Wildman–Crippen LogP) is 3.22. The van der Waals surface area contributed by atoms with Gasteiger partial charge in [0.1, 0.15) is 12.2 Å². The monoisotopic (exact) mass is 296 g/mol.